The molecule has 330 valence electrons. The summed E-state index contributed by atoms with van der Waals surface area (Å²) in [7, 11) is 12.5. The van der Waals surface area contributed by atoms with Gasteiger partial charge in [0, 0.05) is 67.8 Å². The smallest absolute Gasteiger partial charge is 0.329 e. The largest absolute Gasteiger partial charge is 0.458 e. The van der Waals surface area contributed by atoms with Gasteiger partial charge in [0.25, 0.3) is 0 Å². The number of hydrogen-bond donors (Lipinski definition) is 1. The van der Waals surface area contributed by atoms with Crippen LogP contribution in [0.1, 0.15) is 100 Å². The molecule has 1 aromatic carbocycles. The molecule has 0 unspecified atom stereocenters. The van der Waals surface area contributed by atoms with Crippen LogP contribution in [0.2, 0.25) is 0 Å². The number of ether oxygens (including phenoxy) is 3. The number of nitrogens with one attached hydrogen (secondary N) is 1. The molecular weight excluding hydrogens is 737 g/mol. The maximum absolute atomic E-state index is 14.4. The molecule has 1 fully saturated rings. The number of benzene rings is 1. The van der Waals surface area contributed by atoms with Gasteiger partial charge in [0.15, 0.2) is 5.96 Å². The lowest BCUT2D eigenvalue weighted by molar-refractivity contribution is -0.171. The summed E-state index contributed by atoms with van der Waals surface area (Å²) in [6.45, 7) is 20.2. The Morgan fingerprint density at radius 3 is 1.98 bits per heavy atom. The number of carbonyl (C=O) groups is 4. The standard InChI is InChI=1S/C45H78N6O7/c1-18-30(4)38(50(15)41(54)37(29(2)3)47-43(48(11)12)49(13)14)35(56-16)28-36(52)51-26-22-25-34(51)39(57-17)31(5)40(53)46-33(27-32-23-20-19-21-24-32)42(55)58-45(9,10)44(6,7)8/h19-21,23-24,29-31,33-35,37-39H,18,22,25-28H2,1-17H3,(H,46,53)/t30-,31+,33-,34-,35+,37-,38-,39+/m0/s1. The molecule has 1 saturated heterocycles. The minimum absolute atomic E-state index is 0.0139. The summed E-state index contributed by atoms with van der Waals surface area (Å²) in [5.74, 6) is -1.22. The van der Waals surface area contributed by atoms with E-state index in [1.165, 1.54) is 0 Å². The fourth-order valence-electron chi connectivity index (χ4n) is 7.58. The summed E-state index contributed by atoms with van der Waals surface area (Å²) in [6.07, 6.45) is 1.22. The highest BCUT2D eigenvalue weighted by molar-refractivity contribution is 5.88. The van der Waals surface area contributed by atoms with Gasteiger partial charge in [-0.3, -0.25) is 14.4 Å². The van der Waals surface area contributed by atoms with Gasteiger partial charge in [-0.05, 0) is 44.1 Å². The maximum atomic E-state index is 14.4. The summed E-state index contributed by atoms with van der Waals surface area (Å²) in [4.78, 5) is 68.7. The first kappa shape index (κ1) is 50.4. The molecule has 1 N–H and O–H groups in total. The van der Waals surface area contributed by atoms with Gasteiger partial charge in [0.2, 0.25) is 17.7 Å². The number of hydrogen-bond acceptors (Lipinski definition) is 8. The Labute approximate surface area is 350 Å². The van der Waals surface area contributed by atoms with Crippen LogP contribution in [0.5, 0.6) is 0 Å². The van der Waals surface area contributed by atoms with E-state index >= 15 is 0 Å². The average molecular weight is 815 g/mol. The Kier molecular flexibility index (Phi) is 19.2. The van der Waals surface area contributed by atoms with Crippen LogP contribution in [-0.2, 0) is 39.8 Å². The third kappa shape index (κ3) is 13.1. The second kappa shape index (κ2) is 22.1. The van der Waals surface area contributed by atoms with Gasteiger partial charge in [0.05, 0.1) is 36.6 Å². The Morgan fingerprint density at radius 1 is 0.914 bits per heavy atom. The zero-order chi connectivity index (χ0) is 44.3. The number of esters is 1. The lowest BCUT2D eigenvalue weighted by Crippen LogP contribution is -2.55. The van der Waals surface area contributed by atoms with E-state index in [-0.39, 0.29) is 53.9 Å². The predicted octanol–water partition coefficient (Wildman–Crippen LogP) is 5.51. The highest BCUT2D eigenvalue weighted by Gasteiger charge is 2.44. The molecule has 1 aliphatic rings. The van der Waals surface area contributed by atoms with E-state index in [1.54, 1.807) is 33.1 Å². The second-order valence-electron chi connectivity index (χ2n) is 18.4. The molecule has 0 aromatic heterocycles. The van der Waals surface area contributed by atoms with Crippen molar-refractivity contribution in [3.63, 3.8) is 0 Å². The molecule has 0 aliphatic carbocycles. The molecule has 0 spiro atoms. The Bertz CT molecular complexity index is 1500. The lowest BCUT2D eigenvalue weighted by atomic mass is 9.79. The molecule has 8 atom stereocenters. The number of likely N-dealkylation sites (N-methyl/N-ethyl adjacent to an activating group) is 1. The van der Waals surface area contributed by atoms with E-state index < -0.39 is 47.8 Å². The van der Waals surface area contributed by atoms with Gasteiger partial charge < -0.3 is 39.1 Å². The zero-order valence-electron chi connectivity index (χ0n) is 38.9. The quantitative estimate of drug-likeness (QED) is 0.109. The average Bonchev–Trinajstić information content (AvgIpc) is 3.63. The van der Waals surface area contributed by atoms with Gasteiger partial charge >= 0.3 is 5.97 Å². The number of rotatable bonds is 19. The van der Waals surface area contributed by atoms with Gasteiger partial charge in [-0.25, -0.2) is 9.79 Å². The molecule has 1 heterocycles. The highest BCUT2D eigenvalue weighted by atomic mass is 16.6. The van der Waals surface area contributed by atoms with E-state index in [1.807, 2.05) is 122 Å². The first-order valence-corrected chi connectivity index (χ1v) is 21.0. The lowest BCUT2D eigenvalue weighted by Gasteiger charge is -2.40. The first-order valence-electron chi connectivity index (χ1n) is 21.0. The van der Waals surface area contributed by atoms with Gasteiger partial charge in [-0.15, -0.1) is 0 Å². The van der Waals surface area contributed by atoms with Crippen molar-refractivity contribution < 1.29 is 33.4 Å². The summed E-state index contributed by atoms with van der Waals surface area (Å²) in [5.41, 5.74) is -0.251. The number of methoxy groups -OCH3 is 2. The summed E-state index contributed by atoms with van der Waals surface area (Å²) in [6, 6.07) is 7.17. The molecule has 13 nitrogen and oxygen atoms in total. The van der Waals surface area contributed by atoms with E-state index in [4.69, 9.17) is 19.2 Å². The fraction of sp³-hybridized carbons (Fsp3) is 0.756. The van der Waals surface area contributed by atoms with Crippen LogP contribution in [0, 0.1) is 23.2 Å². The van der Waals surface area contributed by atoms with Crippen LogP contribution in [-0.4, -0.2) is 147 Å². The van der Waals surface area contributed by atoms with Crippen molar-refractivity contribution in [1.82, 2.24) is 24.9 Å². The molecule has 58 heavy (non-hydrogen) atoms. The SMILES string of the molecule is CC[C@H](C)[C@@H]([C@@H](CC(=O)N1CCC[C@H]1[C@H](OC)[C@@H](C)C(=O)N[C@@H](Cc1ccccc1)C(=O)OC(C)(C)C(C)(C)C)OC)N(C)C(=O)[C@@H](N=C(N(C)C)N(C)C)C(C)C. The Morgan fingerprint density at radius 2 is 1.50 bits per heavy atom. The molecule has 3 amide bonds. The molecule has 2 rings (SSSR count). The van der Waals surface area contributed by atoms with Crippen LogP contribution in [0.3, 0.4) is 0 Å². The van der Waals surface area contributed by atoms with Gasteiger partial charge in [0.1, 0.15) is 17.7 Å². The summed E-state index contributed by atoms with van der Waals surface area (Å²) in [5, 5.41) is 2.99. The monoisotopic (exact) mass is 815 g/mol. The maximum Gasteiger partial charge on any atom is 0.329 e. The first-order chi connectivity index (χ1) is 26.9. The molecule has 1 aliphatic heterocycles. The van der Waals surface area contributed by atoms with E-state index in [0.717, 1.165) is 18.4 Å². The highest BCUT2D eigenvalue weighted by Crippen LogP contribution is 2.34. The van der Waals surface area contributed by atoms with Crippen molar-refractivity contribution in [3.05, 3.63) is 35.9 Å². The van der Waals surface area contributed by atoms with Crippen LogP contribution in [0.25, 0.3) is 0 Å². The van der Waals surface area contributed by atoms with Crippen LogP contribution in [0.4, 0.5) is 0 Å². The Hall–Kier alpha value is -3.71. The van der Waals surface area contributed by atoms with Crippen molar-refractivity contribution in [1.29, 1.82) is 0 Å². The fourth-order valence-corrected chi connectivity index (χ4v) is 7.58. The van der Waals surface area contributed by atoms with E-state index in [2.05, 4.69) is 19.2 Å². The minimum atomic E-state index is -0.934. The summed E-state index contributed by atoms with van der Waals surface area (Å²) >= 11 is 0. The van der Waals surface area contributed by atoms with Crippen LogP contribution >= 0.6 is 0 Å². The third-order valence-electron chi connectivity index (χ3n) is 12.2. The molecule has 0 bridgehead atoms. The zero-order valence-corrected chi connectivity index (χ0v) is 38.9. The van der Waals surface area contributed by atoms with Crippen molar-refractivity contribution >= 4 is 29.7 Å². The number of likely N-dealkylation sites (tertiary alicyclic amines) is 1. The van der Waals surface area contributed by atoms with Gasteiger partial charge in [-0.1, -0.05) is 92.1 Å². The minimum Gasteiger partial charge on any atom is -0.458 e. The van der Waals surface area contributed by atoms with Crippen molar-refractivity contribution in [3.8, 4) is 0 Å². The molecular formula is C45H78N6O7. The summed E-state index contributed by atoms with van der Waals surface area (Å²) < 4.78 is 18.2. The molecule has 1 aromatic rings. The van der Waals surface area contributed by atoms with Gasteiger partial charge in [-0.2, -0.15) is 0 Å². The molecule has 13 heteroatoms. The van der Waals surface area contributed by atoms with Crippen molar-refractivity contribution in [2.75, 3.05) is 56.0 Å². The number of nitrogens with zero attached hydrogens (tertiary/aromatic N) is 5. The number of carbonyl (C=O) groups excluding carboxylic acids is 4. The number of amides is 3. The second-order valence-corrected chi connectivity index (χ2v) is 18.4. The van der Waals surface area contributed by atoms with E-state index in [9.17, 15) is 19.2 Å². The third-order valence-corrected chi connectivity index (χ3v) is 12.2. The Balaban J connectivity index is 2.37. The topological polar surface area (TPSA) is 133 Å². The normalized spacial score (nSPS) is 18.3. The van der Waals surface area contributed by atoms with E-state index in [0.29, 0.717) is 18.9 Å². The van der Waals surface area contributed by atoms with Crippen molar-refractivity contribution in [2.24, 2.45) is 28.2 Å². The van der Waals surface area contributed by atoms with Crippen molar-refractivity contribution in [2.45, 2.75) is 143 Å². The van der Waals surface area contributed by atoms with Crippen LogP contribution < -0.4 is 5.32 Å². The van der Waals surface area contributed by atoms with Crippen LogP contribution in [0.15, 0.2) is 35.3 Å². The predicted molar refractivity (Wildman–Crippen MR) is 231 cm³/mol. The number of guanidine groups is 1. The molecule has 0 radical (unpaired) electrons. The molecule has 0 saturated carbocycles. The number of aliphatic imine (C=N–C) groups is 1.